The number of para-hydroxylation sites is 2. The summed E-state index contributed by atoms with van der Waals surface area (Å²) in [4.78, 5) is 4.32. The van der Waals surface area contributed by atoms with Crippen molar-refractivity contribution in [3.63, 3.8) is 0 Å². The Morgan fingerprint density at radius 3 is 2.67 bits per heavy atom. The molecule has 0 aliphatic heterocycles. The summed E-state index contributed by atoms with van der Waals surface area (Å²) in [5, 5.41) is 13.7. The van der Waals surface area contributed by atoms with Crippen LogP contribution < -0.4 is 4.74 Å². The minimum Gasteiger partial charge on any atom is -0.507 e. The fourth-order valence-corrected chi connectivity index (χ4v) is 2.11. The standard InChI is InChI=1S/C16H14N2O3/c1-20-14-9-5-2-6-11(14)10-15-17-16(21-18-15)12-7-3-4-8-13(12)19/h2-9,19H,10H2,1H3. The number of methoxy groups -OCH3 is 1. The molecule has 1 aromatic heterocycles. The largest absolute Gasteiger partial charge is 0.507 e. The summed E-state index contributed by atoms with van der Waals surface area (Å²) in [6.45, 7) is 0. The fourth-order valence-electron chi connectivity index (χ4n) is 2.11. The lowest BCUT2D eigenvalue weighted by Gasteiger charge is -2.05. The molecule has 3 aromatic rings. The molecule has 1 N–H and O–H groups in total. The Bertz CT molecular complexity index is 753. The number of aromatic nitrogens is 2. The van der Waals surface area contributed by atoms with E-state index in [9.17, 15) is 5.11 Å². The first-order chi connectivity index (χ1) is 10.3. The summed E-state index contributed by atoms with van der Waals surface area (Å²) in [6, 6.07) is 14.5. The summed E-state index contributed by atoms with van der Waals surface area (Å²) < 4.78 is 10.5. The van der Waals surface area contributed by atoms with Crippen molar-refractivity contribution >= 4 is 0 Å². The van der Waals surface area contributed by atoms with Crippen molar-refractivity contribution in [1.82, 2.24) is 10.1 Å². The van der Waals surface area contributed by atoms with Crippen LogP contribution in [0.1, 0.15) is 11.4 Å². The van der Waals surface area contributed by atoms with Crippen LogP contribution in [0.15, 0.2) is 53.1 Å². The molecule has 0 fully saturated rings. The van der Waals surface area contributed by atoms with E-state index < -0.39 is 0 Å². The van der Waals surface area contributed by atoms with Gasteiger partial charge in [-0.1, -0.05) is 35.5 Å². The van der Waals surface area contributed by atoms with E-state index in [0.29, 0.717) is 23.7 Å². The number of hydrogen-bond donors (Lipinski definition) is 1. The molecule has 0 radical (unpaired) electrons. The quantitative estimate of drug-likeness (QED) is 0.796. The minimum atomic E-state index is 0.116. The van der Waals surface area contributed by atoms with E-state index in [4.69, 9.17) is 9.26 Å². The Morgan fingerprint density at radius 1 is 1.10 bits per heavy atom. The number of ether oxygens (including phenoxy) is 1. The van der Waals surface area contributed by atoms with Crippen LogP contribution in [0.4, 0.5) is 0 Å². The molecule has 0 aliphatic rings. The molecule has 0 saturated carbocycles. The molecule has 0 bridgehead atoms. The van der Waals surface area contributed by atoms with E-state index in [-0.39, 0.29) is 5.75 Å². The Hall–Kier alpha value is -2.82. The molecule has 0 saturated heterocycles. The van der Waals surface area contributed by atoms with Crippen LogP contribution in [-0.4, -0.2) is 22.4 Å². The highest BCUT2D eigenvalue weighted by Crippen LogP contribution is 2.27. The number of nitrogens with zero attached hydrogens (tertiary/aromatic N) is 2. The van der Waals surface area contributed by atoms with Gasteiger partial charge >= 0.3 is 0 Å². The molecule has 0 unspecified atom stereocenters. The van der Waals surface area contributed by atoms with Gasteiger partial charge in [-0.2, -0.15) is 4.98 Å². The number of phenolic OH excluding ortho intramolecular Hbond substituents is 1. The molecule has 3 rings (SSSR count). The maximum Gasteiger partial charge on any atom is 0.261 e. The zero-order valence-electron chi connectivity index (χ0n) is 11.5. The topological polar surface area (TPSA) is 68.4 Å². The lowest BCUT2D eigenvalue weighted by Crippen LogP contribution is -1.95. The van der Waals surface area contributed by atoms with Crippen molar-refractivity contribution in [2.24, 2.45) is 0 Å². The van der Waals surface area contributed by atoms with Crippen LogP contribution in [0.2, 0.25) is 0 Å². The number of hydrogen-bond acceptors (Lipinski definition) is 5. The molecular formula is C16H14N2O3. The van der Waals surface area contributed by atoms with Crippen molar-refractivity contribution < 1.29 is 14.4 Å². The molecule has 21 heavy (non-hydrogen) atoms. The Morgan fingerprint density at radius 2 is 1.86 bits per heavy atom. The van der Waals surface area contributed by atoms with Gasteiger partial charge in [-0.25, -0.2) is 0 Å². The number of benzene rings is 2. The predicted molar refractivity (Wildman–Crippen MR) is 77.2 cm³/mol. The molecule has 2 aromatic carbocycles. The SMILES string of the molecule is COc1ccccc1Cc1noc(-c2ccccc2O)n1. The maximum absolute atomic E-state index is 9.80. The normalized spacial score (nSPS) is 10.5. The van der Waals surface area contributed by atoms with Crippen LogP contribution in [0, 0.1) is 0 Å². The van der Waals surface area contributed by atoms with Gasteiger partial charge in [-0.3, -0.25) is 0 Å². The van der Waals surface area contributed by atoms with E-state index >= 15 is 0 Å². The van der Waals surface area contributed by atoms with Crippen molar-refractivity contribution in [1.29, 1.82) is 0 Å². The van der Waals surface area contributed by atoms with Crippen LogP contribution in [-0.2, 0) is 6.42 Å². The first-order valence-corrected chi connectivity index (χ1v) is 6.51. The van der Waals surface area contributed by atoms with Gasteiger partial charge in [-0.05, 0) is 18.2 Å². The number of aromatic hydroxyl groups is 1. The summed E-state index contributed by atoms with van der Waals surface area (Å²) in [7, 11) is 1.63. The second kappa shape index (κ2) is 5.66. The van der Waals surface area contributed by atoms with E-state index in [0.717, 1.165) is 11.3 Å². The lowest BCUT2D eigenvalue weighted by molar-refractivity contribution is 0.407. The highest BCUT2D eigenvalue weighted by atomic mass is 16.5. The molecule has 0 aliphatic carbocycles. The molecule has 0 spiro atoms. The molecular weight excluding hydrogens is 268 g/mol. The third-order valence-corrected chi connectivity index (χ3v) is 3.14. The van der Waals surface area contributed by atoms with Crippen molar-refractivity contribution in [3.05, 3.63) is 59.9 Å². The van der Waals surface area contributed by atoms with Crippen LogP contribution in [0.25, 0.3) is 11.5 Å². The maximum atomic E-state index is 9.80. The molecule has 0 atom stereocenters. The molecule has 1 heterocycles. The zero-order valence-corrected chi connectivity index (χ0v) is 11.5. The summed E-state index contributed by atoms with van der Waals surface area (Å²) in [5.41, 5.74) is 1.50. The molecule has 106 valence electrons. The van der Waals surface area contributed by atoms with Crippen LogP contribution in [0.3, 0.4) is 0 Å². The van der Waals surface area contributed by atoms with E-state index in [1.54, 1.807) is 31.4 Å². The average Bonchev–Trinajstić information content (AvgIpc) is 2.96. The molecule has 5 heteroatoms. The third kappa shape index (κ3) is 2.72. The van der Waals surface area contributed by atoms with Gasteiger partial charge in [0.1, 0.15) is 11.5 Å². The van der Waals surface area contributed by atoms with E-state index in [1.165, 1.54) is 0 Å². The van der Waals surface area contributed by atoms with Gasteiger partial charge in [0.2, 0.25) is 0 Å². The highest BCUT2D eigenvalue weighted by molar-refractivity contribution is 5.61. The monoisotopic (exact) mass is 282 g/mol. The molecule has 5 nitrogen and oxygen atoms in total. The zero-order chi connectivity index (χ0) is 14.7. The fraction of sp³-hybridized carbons (Fsp3) is 0.125. The van der Waals surface area contributed by atoms with Crippen LogP contribution in [0.5, 0.6) is 11.5 Å². The van der Waals surface area contributed by atoms with Gasteiger partial charge in [0.25, 0.3) is 5.89 Å². The first-order valence-electron chi connectivity index (χ1n) is 6.51. The Balaban J connectivity index is 1.87. The van der Waals surface area contributed by atoms with Crippen LogP contribution >= 0.6 is 0 Å². The Labute approximate surface area is 121 Å². The second-order valence-corrected chi connectivity index (χ2v) is 4.52. The Kier molecular flexibility index (Phi) is 3.55. The average molecular weight is 282 g/mol. The number of phenols is 1. The van der Waals surface area contributed by atoms with Gasteiger partial charge in [0, 0.05) is 12.0 Å². The smallest absolute Gasteiger partial charge is 0.261 e. The second-order valence-electron chi connectivity index (χ2n) is 4.52. The summed E-state index contributed by atoms with van der Waals surface area (Å²) >= 11 is 0. The first kappa shape index (κ1) is 13.2. The van der Waals surface area contributed by atoms with Crippen molar-refractivity contribution in [2.45, 2.75) is 6.42 Å². The van der Waals surface area contributed by atoms with Crippen molar-refractivity contribution in [2.75, 3.05) is 7.11 Å². The number of rotatable bonds is 4. The third-order valence-electron chi connectivity index (χ3n) is 3.14. The predicted octanol–water partition coefficient (Wildman–Crippen LogP) is 3.04. The molecule has 0 amide bonds. The summed E-state index contributed by atoms with van der Waals surface area (Å²) in [6.07, 6.45) is 0.501. The highest BCUT2D eigenvalue weighted by Gasteiger charge is 2.13. The lowest BCUT2D eigenvalue weighted by atomic mass is 10.1. The van der Waals surface area contributed by atoms with Gasteiger partial charge in [-0.15, -0.1) is 0 Å². The van der Waals surface area contributed by atoms with Gasteiger partial charge in [0.15, 0.2) is 5.82 Å². The minimum absolute atomic E-state index is 0.116. The summed E-state index contributed by atoms with van der Waals surface area (Å²) in [5.74, 6) is 1.74. The van der Waals surface area contributed by atoms with Crippen molar-refractivity contribution in [3.8, 4) is 23.0 Å². The van der Waals surface area contributed by atoms with E-state index in [2.05, 4.69) is 10.1 Å². The van der Waals surface area contributed by atoms with Gasteiger partial charge in [0.05, 0.1) is 12.7 Å². The van der Waals surface area contributed by atoms with E-state index in [1.807, 2.05) is 24.3 Å². The van der Waals surface area contributed by atoms with Gasteiger partial charge < -0.3 is 14.4 Å².